The molecule has 0 aliphatic rings. The maximum atomic E-state index is 11.9. The summed E-state index contributed by atoms with van der Waals surface area (Å²) in [5, 5.41) is 0.459. The van der Waals surface area contributed by atoms with Gasteiger partial charge in [-0.1, -0.05) is 11.6 Å². The normalized spacial score (nSPS) is 11.2. The summed E-state index contributed by atoms with van der Waals surface area (Å²) in [7, 11) is -2.01. The average molecular weight is 276 g/mol. The summed E-state index contributed by atoms with van der Waals surface area (Å²) in [6, 6.07) is 5.78. The molecular weight excluding hydrogens is 262 g/mol. The Labute approximate surface area is 106 Å². The minimum absolute atomic E-state index is 0.111. The van der Waals surface area contributed by atoms with Crippen LogP contribution in [0.1, 0.15) is 6.92 Å². The molecule has 1 rings (SSSR count). The summed E-state index contributed by atoms with van der Waals surface area (Å²) in [4.78, 5) is 13.0. The third-order valence-corrected chi connectivity index (χ3v) is 4.26. The first-order valence-corrected chi connectivity index (χ1v) is 7.12. The molecule has 6 heteroatoms. The highest BCUT2D eigenvalue weighted by molar-refractivity contribution is 7.92. The summed E-state index contributed by atoms with van der Waals surface area (Å²) in [6.45, 7) is 2.27. The molecule has 1 amide bonds. The molecule has 0 fully saturated rings. The van der Waals surface area contributed by atoms with E-state index in [1.807, 2.05) is 0 Å². The number of amides is 1. The van der Waals surface area contributed by atoms with Crippen LogP contribution >= 0.6 is 11.6 Å². The van der Waals surface area contributed by atoms with E-state index in [4.69, 9.17) is 11.6 Å². The predicted octanol–water partition coefficient (Wildman–Crippen LogP) is 1.59. The van der Waals surface area contributed by atoms with Gasteiger partial charge in [0.15, 0.2) is 9.84 Å². The molecular formula is C11H14ClNO3S. The molecule has 0 atom stereocenters. The number of carbonyl (C=O) groups excluding carboxylic acids is 1. The van der Waals surface area contributed by atoms with E-state index >= 15 is 0 Å². The molecule has 0 unspecified atom stereocenters. The first-order chi connectivity index (χ1) is 7.86. The van der Waals surface area contributed by atoms with E-state index < -0.39 is 21.5 Å². The quantitative estimate of drug-likeness (QED) is 0.839. The molecule has 17 heavy (non-hydrogen) atoms. The van der Waals surface area contributed by atoms with Crippen molar-refractivity contribution in [2.45, 2.75) is 11.8 Å². The van der Waals surface area contributed by atoms with Crippen LogP contribution in [0.25, 0.3) is 0 Å². The lowest BCUT2D eigenvalue weighted by Crippen LogP contribution is -2.32. The third kappa shape index (κ3) is 3.71. The summed E-state index contributed by atoms with van der Waals surface area (Å²) in [5.41, 5.74) is 0. The Kier molecular flexibility index (Phi) is 4.54. The molecule has 4 nitrogen and oxygen atoms in total. The number of hydrogen-bond acceptors (Lipinski definition) is 3. The van der Waals surface area contributed by atoms with Crippen LogP contribution in [0, 0.1) is 0 Å². The zero-order valence-electron chi connectivity index (χ0n) is 9.68. The van der Waals surface area contributed by atoms with Crippen LogP contribution in [0.3, 0.4) is 0 Å². The molecule has 0 heterocycles. The van der Waals surface area contributed by atoms with E-state index in [0.29, 0.717) is 11.6 Å². The third-order valence-electron chi connectivity index (χ3n) is 2.39. The highest BCUT2D eigenvalue weighted by atomic mass is 35.5. The number of nitrogens with zero attached hydrogens (tertiary/aromatic N) is 1. The molecule has 0 aliphatic heterocycles. The summed E-state index contributed by atoms with van der Waals surface area (Å²) in [6.07, 6.45) is 0. The lowest BCUT2D eigenvalue weighted by molar-refractivity contribution is -0.126. The monoisotopic (exact) mass is 275 g/mol. The first kappa shape index (κ1) is 14.0. The largest absolute Gasteiger partial charge is 0.345 e. The van der Waals surface area contributed by atoms with Crippen molar-refractivity contribution in [3.05, 3.63) is 29.3 Å². The van der Waals surface area contributed by atoms with E-state index in [0.717, 1.165) is 0 Å². The second kappa shape index (κ2) is 5.51. The summed E-state index contributed by atoms with van der Waals surface area (Å²) in [5.74, 6) is -0.929. The van der Waals surface area contributed by atoms with Gasteiger partial charge in [-0.05, 0) is 31.2 Å². The Morgan fingerprint density at radius 2 is 1.82 bits per heavy atom. The smallest absolute Gasteiger partial charge is 0.237 e. The lowest BCUT2D eigenvalue weighted by atomic mass is 10.4. The van der Waals surface area contributed by atoms with E-state index in [-0.39, 0.29) is 4.90 Å². The zero-order valence-corrected chi connectivity index (χ0v) is 11.3. The molecule has 0 saturated heterocycles. The molecule has 0 radical (unpaired) electrons. The highest BCUT2D eigenvalue weighted by Crippen LogP contribution is 2.15. The van der Waals surface area contributed by atoms with Crippen LogP contribution in [-0.2, 0) is 14.6 Å². The number of rotatable bonds is 4. The molecule has 0 bridgehead atoms. The number of benzene rings is 1. The second-order valence-electron chi connectivity index (χ2n) is 3.62. The molecule has 0 aliphatic carbocycles. The SMILES string of the molecule is CCN(C)C(=O)CS(=O)(=O)c1ccc(Cl)cc1. The van der Waals surface area contributed by atoms with Crippen LogP contribution in [0.5, 0.6) is 0 Å². The van der Waals surface area contributed by atoms with Crippen molar-refractivity contribution in [3.63, 3.8) is 0 Å². The van der Waals surface area contributed by atoms with E-state index in [9.17, 15) is 13.2 Å². The topological polar surface area (TPSA) is 54.5 Å². The molecule has 0 spiro atoms. The van der Waals surface area contributed by atoms with Gasteiger partial charge in [0.2, 0.25) is 5.91 Å². The minimum atomic E-state index is -3.58. The number of hydrogen-bond donors (Lipinski definition) is 0. The van der Waals surface area contributed by atoms with Gasteiger partial charge in [0.05, 0.1) is 4.90 Å². The fourth-order valence-electron chi connectivity index (χ4n) is 1.17. The van der Waals surface area contributed by atoms with Crippen LogP contribution in [0.4, 0.5) is 0 Å². The Balaban J connectivity index is 2.89. The molecule has 1 aromatic carbocycles. The van der Waals surface area contributed by atoms with Gasteiger partial charge in [-0.2, -0.15) is 0 Å². The molecule has 94 valence electrons. The van der Waals surface area contributed by atoms with Crippen LogP contribution < -0.4 is 0 Å². The Morgan fingerprint density at radius 3 is 2.29 bits per heavy atom. The van der Waals surface area contributed by atoms with Gasteiger partial charge in [0.25, 0.3) is 0 Å². The van der Waals surface area contributed by atoms with Crippen molar-refractivity contribution >= 4 is 27.3 Å². The van der Waals surface area contributed by atoms with Crippen LogP contribution in [-0.4, -0.2) is 38.6 Å². The maximum Gasteiger partial charge on any atom is 0.237 e. The van der Waals surface area contributed by atoms with Gasteiger partial charge < -0.3 is 4.90 Å². The Bertz CT molecular complexity index is 496. The lowest BCUT2D eigenvalue weighted by Gasteiger charge is -2.14. The van der Waals surface area contributed by atoms with Crippen molar-refractivity contribution in [2.75, 3.05) is 19.3 Å². The summed E-state index contributed by atoms with van der Waals surface area (Å²) < 4.78 is 23.8. The number of sulfone groups is 1. The maximum absolute atomic E-state index is 11.9. The average Bonchev–Trinajstić information content (AvgIpc) is 2.27. The van der Waals surface area contributed by atoms with Crippen molar-refractivity contribution in [1.82, 2.24) is 4.90 Å². The standard InChI is InChI=1S/C11H14ClNO3S/c1-3-13(2)11(14)8-17(15,16)10-6-4-9(12)5-7-10/h4-7H,3,8H2,1-2H3. The van der Waals surface area contributed by atoms with Crippen LogP contribution in [0.15, 0.2) is 29.2 Å². The van der Waals surface area contributed by atoms with Crippen molar-refractivity contribution in [1.29, 1.82) is 0 Å². The number of carbonyl (C=O) groups is 1. The van der Waals surface area contributed by atoms with E-state index in [1.165, 1.54) is 29.2 Å². The van der Waals surface area contributed by atoms with E-state index in [2.05, 4.69) is 0 Å². The van der Waals surface area contributed by atoms with Crippen molar-refractivity contribution < 1.29 is 13.2 Å². The highest BCUT2D eigenvalue weighted by Gasteiger charge is 2.20. The fourth-order valence-corrected chi connectivity index (χ4v) is 2.56. The zero-order chi connectivity index (χ0) is 13.1. The number of halogens is 1. The van der Waals surface area contributed by atoms with Crippen molar-refractivity contribution in [3.8, 4) is 0 Å². The minimum Gasteiger partial charge on any atom is -0.345 e. The molecule has 1 aromatic rings. The summed E-state index contributed by atoms with van der Waals surface area (Å²) >= 11 is 5.67. The molecule has 0 saturated carbocycles. The Hall–Kier alpha value is -1.07. The predicted molar refractivity (Wildman–Crippen MR) is 66.8 cm³/mol. The van der Waals surface area contributed by atoms with Gasteiger partial charge in [0, 0.05) is 18.6 Å². The van der Waals surface area contributed by atoms with Crippen LogP contribution in [0.2, 0.25) is 5.02 Å². The van der Waals surface area contributed by atoms with Gasteiger partial charge in [0.1, 0.15) is 5.75 Å². The van der Waals surface area contributed by atoms with Gasteiger partial charge in [-0.15, -0.1) is 0 Å². The van der Waals surface area contributed by atoms with E-state index in [1.54, 1.807) is 14.0 Å². The van der Waals surface area contributed by atoms with Gasteiger partial charge in [-0.25, -0.2) is 8.42 Å². The van der Waals surface area contributed by atoms with Gasteiger partial charge >= 0.3 is 0 Å². The first-order valence-electron chi connectivity index (χ1n) is 5.09. The Morgan fingerprint density at radius 1 is 1.29 bits per heavy atom. The van der Waals surface area contributed by atoms with Gasteiger partial charge in [-0.3, -0.25) is 4.79 Å². The molecule has 0 N–H and O–H groups in total. The molecule has 0 aromatic heterocycles. The van der Waals surface area contributed by atoms with Crippen molar-refractivity contribution in [2.24, 2.45) is 0 Å². The fraction of sp³-hybridized carbons (Fsp3) is 0.364. The second-order valence-corrected chi connectivity index (χ2v) is 6.05.